The summed E-state index contributed by atoms with van der Waals surface area (Å²) >= 11 is 1.68. The second kappa shape index (κ2) is 4.80. The van der Waals surface area contributed by atoms with E-state index >= 15 is 0 Å². The normalized spacial score (nSPS) is 15.1. The lowest BCUT2D eigenvalue weighted by Crippen LogP contribution is -2.09. The summed E-state index contributed by atoms with van der Waals surface area (Å²) < 4.78 is 1.71. The Bertz CT molecular complexity index is 874. The molecule has 0 bridgehead atoms. The van der Waals surface area contributed by atoms with Crippen LogP contribution < -0.4 is 5.56 Å². The molecule has 0 fully saturated rings. The van der Waals surface area contributed by atoms with E-state index in [2.05, 4.69) is 15.1 Å². The minimum absolute atomic E-state index is 0.0155. The summed E-state index contributed by atoms with van der Waals surface area (Å²) in [4.78, 5) is 22.3. The number of aromatic amines is 1. The Labute approximate surface area is 125 Å². The van der Waals surface area contributed by atoms with Gasteiger partial charge in [0.25, 0.3) is 5.56 Å². The molecule has 0 amide bonds. The van der Waals surface area contributed by atoms with Gasteiger partial charge in [-0.25, -0.2) is 4.98 Å². The van der Waals surface area contributed by atoms with E-state index in [1.54, 1.807) is 22.2 Å². The average Bonchev–Trinajstić information content (AvgIpc) is 2.96. The summed E-state index contributed by atoms with van der Waals surface area (Å²) in [5.74, 6) is 0.608. The molecule has 3 heterocycles. The zero-order chi connectivity index (χ0) is 14.4. The van der Waals surface area contributed by atoms with Crippen molar-refractivity contribution in [3.63, 3.8) is 0 Å². The molecule has 3 aromatic rings. The third-order valence-electron chi connectivity index (χ3n) is 4.05. The molecule has 21 heavy (non-hydrogen) atoms. The Morgan fingerprint density at radius 3 is 2.95 bits per heavy atom. The van der Waals surface area contributed by atoms with Gasteiger partial charge in [0, 0.05) is 18.1 Å². The van der Waals surface area contributed by atoms with Gasteiger partial charge >= 0.3 is 0 Å². The summed E-state index contributed by atoms with van der Waals surface area (Å²) in [6, 6.07) is 0. The van der Waals surface area contributed by atoms with E-state index in [0.717, 1.165) is 28.6 Å². The maximum absolute atomic E-state index is 12.5. The molecule has 6 heteroatoms. The van der Waals surface area contributed by atoms with Gasteiger partial charge < -0.3 is 4.98 Å². The topological polar surface area (TPSA) is 63.6 Å². The number of hydrogen-bond acceptors (Lipinski definition) is 4. The molecule has 0 aromatic carbocycles. The molecule has 4 rings (SSSR count). The summed E-state index contributed by atoms with van der Waals surface area (Å²) in [5, 5.41) is 4.95. The van der Waals surface area contributed by atoms with Gasteiger partial charge in [0.1, 0.15) is 10.7 Å². The van der Waals surface area contributed by atoms with Gasteiger partial charge in [0.05, 0.1) is 17.1 Å². The van der Waals surface area contributed by atoms with Crippen molar-refractivity contribution < 1.29 is 0 Å². The van der Waals surface area contributed by atoms with Crippen LogP contribution in [-0.2, 0) is 19.9 Å². The molecule has 0 unspecified atom stereocenters. The van der Waals surface area contributed by atoms with Crippen molar-refractivity contribution in [3.8, 4) is 11.4 Å². The van der Waals surface area contributed by atoms with Crippen molar-refractivity contribution in [2.24, 2.45) is 7.05 Å². The predicted molar refractivity (Wildman–Crippen MR) is 83.7 cm³/mol. The summed E-state index contributed by atoms with van der Waals surface area (Å²) in [6.45, 7) is 0. The Kier molecular flexibility index (Phi) is 2.92. The quantitative estimate of drug-likeness (QED) is 0.703. The molecule has 3 aromatic heterocycles. The lowest BCUT2D eigenvalue weighted by molar-refractivity contribution is 0.713. The molecule has 0 spiro atoms. The first kappa shape index (κ1) is 12.8. The number of H-pyrrole nitrogens is 1. The maximum atomic E-state index is 12.5. The second-order valence-electron chi connectivity index (χ2n) is 5.56. The van der Waals surface area contributed by atoms with Crippen LogP contribution in [0.15, 0.2) is 17.2 Å². The number of thiophene rings is 1. The Balaban J connectivity index is 1.93. The van der Waals surface area contributed by atoms with Gasteiger partial charge in [-0.15, -0.1) is 11.3 Å². The van der Waals surface area contributed by atoms with E-state index in [-0.39, 0.29) is 5.56 Å². The third kappa shape index (κ3) is 2.10. The van der Waals surface area contributed by atoms with Gasteiger partial charge in [-0.2, -0.15) is 5.10 Å². The van der Waals surface area contributed by atoms with Gasteiger partial charge in [-0.3, -0.25) is 9.48 Å². The van der Waals surface area contributed by atoms with Crippen molar-refractivity contribution in [1.29, 1.82) is 0 Å². The highest BCUT2D eigenvalue weighted by Gasteiger charge is 2.19. The average molecular weight is 300 g/mol. The molecule has 108 valence electrons. The van der Waals surface area contributed by atoms with Crippen LogP contribution in [0.4, 0.5) is 0 Å². The summed E-state index contributed by atoms with van der Waals surface area (Å²) in [7, 11) is 1.85. The van der Waals surface area contributed by atoms with Gasteiger partial charge in [-0.05, 0) is 31.2 Å². The second-order valence-corrected chi connectivity index (χ2v) is 6.65. The molecule has 0 saturated carbocycles. The smallest absolute Gasteiger partial charge is 0.260 e. The number of nitrogens with zero attached hydrogens (tertiary/aromatic N) is 3. The largest absolute Gasteiger partial charge is 0.306 e. The lowest BCUT2D eigenvalue weighted by atomic mass is 10.1. The zero-order valence-corrected chi connectivity index (χ0v) is 12.7. The van der Waals surface area contributed by atoms with Crippen LogP contribution in [-0.4, -0.2) is 19.7 Å². The van der Waals surface area contributed by atoms with Crippen molar-refractivity contribution >= 4 is 21.6 Å². The van der Waals surface area contributed by atoms with E-state index in [1.165, 1.54) is 29.7 Å². The number of aryl methyl sites for hydroxylation is 3. The SMILES string of the molecule is Cn1cc(-c2nc3sc4c(c3c(=O)[nH]2)CCCCC4)cn1. The molecule has 0 saturated heterocycles. The summed E-state index contributed by atoms with van der Waals surface area (Å²) in [6.07, 6.45) is 9.31. The number of fused-ring (bicyclic) bond motifs is 3. The minimum Gasteiger partial charge on any atom is -0.306 e. The molecule has 1 N–H and O–H groups in total. The fourth-order valence-electron chi connectivity index (χ4n) is 3.02. The first-order valence-corrected chi connectivity index (χ1v) is 8.07. The van der Waals surface area contributed by atoms with Crippen molar-refractivity contribution in [3.05, 3.63) is 33.2 Å². The molecule has 5 nitrogen and oxygen atoms in total. The Morgan fingerprint density at radius 2 is 2.14 bits per heavy atom. The van der Waals surface area contributed by atoms with E-state index in [4.69, 9.17) is 0 Å². The highest BCUT2D eigenvalue weighted by molar-refractivity contribution is 7.18. The molecular weight excluding hydrogens is 284 g/mol. The zero-order valence-electron chi connectivity index (χ0n) is 11.8. The number of nitrogens with one attached hydrogen (secondary N) is 1. The van der Waals surface area contributed by atoms with Gasteiger partial charge in [-0.1, -0.05) is 6.42 Å². The monoisotopic (exact) mass is 300 g/mol. The Morgan fingerprint density at radius 1 is 1.29 bits per heavy atom. The fourth-order valence-corrected chi connectivity index (χ4v) is 4.28. The summed E-state index contributed by atoms with van der Waals surface area (Å²) in [5.41, 5.74) is 2.07. The van der Waals surface area contributed by atoms with E-state index in [1.807, 2.05) is 13.2 Å². The van der Waals surface area contributed by atoms with Crippen molar-refractivity contribution in [2.75, 3.05) is 0 Å². The molecule has 0 aliphatic heterocycles. The van der Waals surface area contributed by atoms with E-state index in [9.17, 15) is 4.79 Å². The molecule has 0 radical (unpaired) electrons. The van der Waals surface area contributed by atoms with Crippen LogP contribution in [0.25, 0.3) is 21.6 Å². The molecule has 0 atom stereocenters. The maximum Gasteiger partial charge on any atom is 0.260 e. The van der Waals surface area contributed by atoms with Gasteiger partial charge in [0.2, 0.25) is 0 Å². The molecular formula is C15H16N4OS. The lowest BCUT2D eigenvalue weighted by Gasteiger charge is -1.99. The predicted octanol–water partition coefficient (Wildman–Crippen LogP) is 2.65. The number of rotatable bonds is 1. The van der Waals surface area contributed by atoms with Crippen LogP contribution in [0, 0.1) is 0 Å². The first-order chi connectivity index (χ1) is 10.2. The van der Waals surface area contributed by atoms with E-state index in [0.29, 0.717) is 5.82 Å². The third-order valence-corrected chi connectivity index (χ3v) is 5.24. The molecule has 1 aliphatic carbocycles. The van der Waals surface area contributed by atoms with Crippen molar-refractivity contribution in [2.45, 2.75) is 32.1 Å². The van der Waals surface area contributed by atoms with Crippen LogP contribution in [0.3, 0.4) is 0 Å². The first-order valence-electron chi connectivity index (χ1n) is 7.26. The standard InChI is InChI=1S/C15H16N4OS/c1-19-8-9(7-16-19)13-17-14(20)12-10-5-3-2-4-6-11(10)21-15(12)18-13/h7-8H,2-6H2,1H3,(H,17,18,20). The number of aromatic nitrogens is 4. The van der Waals surface area contributed by atoms with Crippen LogP contribution in [0.5, 0.6) is 0 Å². The highest BCUT2D eigenvalue weighted by Crippen LogP contribution is 2.33. The van der Waals surface area contributed by atoms with Crippen LogP contribution in [0.2, 0.25) is 0 Å². The fraction of sp³-hybridized carbons (Fsp3) is 0.400. The molecule has 1 aliphatic rings. The number of hydrogen-bond donors (Lipinski definition) is 1. The van der Waals surface area contributed by atoms with Crippen LogP contribution in [0.1, 0.15) is 29.7 Å². The van der Waals surface area contributed by atoms with Gasteiger partial charge in [0.15, 0.2) is 0 Å². The Hall–Kier alpha value is -1.95. The van der Waals surface area contributed by atoms with Crippen molar-refractivity contribution in [1.82, 2.24) is 19.7 Å². The van der Waals surface area contributed by atoms with Crippen LogP contribution >= 0.6 is 11.3 Å². The van der Waals surface area contributed by atoms with E-state index < -0.39 is 0 Å². The minimum atomic E-state index is -0.0155. The highest BCUT2D eigenvalue weighted by atomic mass is 32.1.